The lowest BCUT2D eigenvalue weighted by Gasteiger charge is -2.22. The van der Waals surface area contributed by atoms with E-state index in [0.717, 1.165) is 55.6 Å². The van der Waals surface area contributed by atoms with Crippen LogP contribution in [0.5, 0.6) is 5.88 Å². The summed E-state index contributed by atoms with van der Waals surface area (Å²) < 4.78 is 13.0. The number of piperidine rings is 1. The SMILES string of the molecule is COCCCc1cc(Cl)c(Cl)cc1NC(=O)Nc1c(C)c(OCCC2CCNCC2)nn1-c1ccccc1. The van der Waals surface area contributed by atoms with Gasteiger partial charge < -0.3 is 20.1 Å². The number of aryl methyl sites for hydroxylation is 1. The van der Waals surface area contributed by atoms with Crippen LogP contribution in [0.2, 0.25) is 10.0 Å². The molecule has 3 aromatic rings. The molecule has 4 rings (SSSR count). The van der Waals surface area contributed by atoms with Crippen LogP contribution >= 0.6 is 23.2 Å². The third-order valence-corrected chi connectivity index (χ3v) is 7.45. The van der Waals surface area contributed by atoms with Gasteiger partial charge in [0.2, 0.25) is 5.88 Å². The first-order valence-corrected chi connectivity index (χ1v) is 13.7. The molecule has 1 aliphatic heterocycles. The molecule has 1 saturated heterocycles. The van der Waals surface area contributed by atoms with Crippen LogP contribution in [0, 0.1) is 12.8 Å². The Morgan fingerprint density at radius 1 is 1.11 bits per heavy atom. The summed E-state index contributed by atoms with van der Waals surface area (Å²) in [5.74, 6) is 1.69. The van der Waals surface area contributed by atoms with Crippen LogP contribution in [0.1, 0.15) is 36.8 Å². The predicted octanol–water partition coefficient (Wildman–Crippen LogP) is 6.48. The summed E-state index contributed by atoms with van der Waals surface area (Å²) in [5.41, 5.74) is 3.04. The van der Waals surface area contributed by atoms with Crippen molar-refractivity contribution in [1.82, 2.24) is 15.1 Å². The lowest BCUT2D eigenvalue weighted by Crippen LogP contribution is -2.28. The molecule has 204 valence electrons. The van der Waals surface area contributed by atoms with E-state index in [1.165, 1.54) is 0 Å². The van der Waals surface area contributed by atoms with Crippen LogP contribution in [0.15, 0.2) is 42.5 Å². The van der Waals surface area contributed by atoms with Crippen molar-refractivity contribution in [2.75, 3.05) is 44.0 Å². The third-order valence-electron chi connectivity index (χ3n) is 6.72. The number of rotatable bonds is 11. The second kappa shape index (κ2) is 13.8. The number of nitrogens with one attached hydrogen (secondary N) is 3. The molecule has 2 amide bonds. The highest BCUT2D eigenvalue weighted by Crippen LogP contribution is 2.32. The van der Waals surface area contributed by atoms with Gasteiger partial charge in [-0.15, -0.1) is 5.10 Å². The largest absolute Gasteiger partial charge is 0.476 e. The van der Waals surface area contributed by atoms with E-state index in [1.807, 2.05) is 37.3 Å². The Kier molecular flexibility index (Phi) is 10.3. The number of anilines is 2. The maximum absolute atomic E-state index is 13.2. The van der Waals surface area contributed by atoms with Gasteiger partial charge in [0.15, 0.2) is 0 Å². The van der Waals surface area contributed by atoms with Crippen LogP contribution in [-0.2, 0) is 11.2 Å². The Bertz CT molecular complexity index is 1210. The number of para-hydroxylation sites is 1. The summed E-state index contributed by atoms with van der Waals surface area (Å²) in [6, 6.07) is 12.7. The maximum atomic E-state index is 13.2. The minimum atomic E-state index is -0.419. The number of aromatic nitrogens is 2. The molecule has 38 heavy (non-hydrogen) atoms. The molecule has 0 atom stereocenters. The van der Waals surface area contributed by atoms with Gasteiger partial charge in [-0.3, -0.25) is 5.32 Å². The Morgan fingerprint density at radius 2 is 1.84 bits per heavy atom. The molecule has 0 bridgehead atoms. The molecule has 2 aromatic carbocycles. The number of benzene rings is 2. The number of ether oxygens (including phenoxy) is 2. The van der Waals surface area contributed by atoms with Crippen LogP contribution < -0.4 is 20.7 Å². The summed E-state index contributed by atoms with van der Waals surface area (Å²) in [6.45, 7) is 5.20. The molecule has 0 aliphatic carbocycles. The van der Waals surface area contributed by atoms with E-state index in [-0.39, 0.29) is 0 Å². The number of nitrogens with zero attached hydrogens (tertiary/aromatic N) is 2. The minimum Gasteiger partial charge on any atom is -0.476 e. The highest BCUT2D eigenvalue weighted by Gasteiger charge is 2.21. The zero-order chi connectivity index (χ0) is 26.9. The van der Waals surface area contributed by atoms with Gasteiger partial charge in [-0.2, -0.15) is 0 Å². The molecule has 1 fully saturated rings. The third kappa shape index (κ3) is 7.41. The quantitative estimate of drug-likeness (QED) is 0.234. The van der Waals surface area contributed by atoms with Gasteiger partial charge in [0.05, 0.1) is 27.9 Å². The van der Waals surface area contributed by atoms with E-state index in [0.29, 0.717) is 53.0 Å². The van der Waals surface area contributed by atoms with Gasteiger partial charge in [0, 0.05) is 19.4 Å². The molecule has 10 heteroatoms. The first-order valence-electron chi connectivity index (χ1n) is 13.0. The van der Waals surface area contributed by atoms with E-state index < -0.39 is 6.03 Å². The number of hydrogen-bond donors (Lipinski definition) is 3. The summed E-state index contributed by atoms with van der Waals surface area (Å²) in [4.78, 5) is 13.2. The second-order valence-electron chi connectivity index (χ2n) is 9.46. The summed E-state index contributed by atoms with van der Waals surface area (Å²) in [5, 5.41) is 14.8. The monoisotopic (exact) mass is 559 g/mol. The number of hydrogen-bond acceptors (Lipinski definition) is 5. The van der Waals surface area contributed by atoms with E-state index in [4.69, 9.17) is 37.8 Å². The molecule has 1 aliphatic rings. The van der Waals surface area contributed by atoms with Crippen LogP contribution in [0.3, 0.4) is 0 Å². The molecule has 1 aromatic heterocycles. The van der Waals surface area contributed by atoms with Gasteiger partial charge in [-0.1, -0.05) is 41.4 Å². The van der Waals surface area contributed by atoms with Crippen molar-refractivity contribution in [3.05, 3.63) is 63.6 Å². The maximum Gasteiger partial charge on any atom is 0.324 e. The molecular weight excluding hydrogens is 525 g/mol. The predicted molar refractivity (Wildman–Crippen MR) is 153 cm³/mol. The number of amides is 2. The van der Waals surface area contributed by atoms with Crippen molar-refractivity contribution in [3.8, 4) is 11.6 Å². The fourth-order valence-corrected chi connectivity index (χ4v) is 4.94. The van der Waals surface area contributed by atoms with E-state index in [9.17, 15) is 4.79 Å². The van der Waals surface area contributed by atoms with Gasteiger partial charge >= 0.3 is 6.03 Å². The topological polar surface area (TPSA) is 89.4 Å². The molecule has 0 spiro atoms. The Hall–Kier alpha value is -2.78. The zero-order valence-electron chi connectivity index (χ0n) is 21.9. The zero-order valence-corrected chi connectivity index (χ0v) is 23.4. The first-order chi connectivity index (χ1) is 18.5. The van der Waals surface area contributed by atoms with Crippen molar-refractivity contribution >= 4 is 40.7 Å². The summed E-state index contributed by atoms with van der Waals surface area (Å²) in [7, 11) is 1.66. The fraction of sp³-hybridized carbons (Fsp3) is 0.429. The molecule has 0 unspecified atom stereocenters. The number of carbonyl (C=O) groups is 1. The van der Waals surface area contributed by atoms with Crippen LogP contribution in [0.4, 0.5) is 16.3 Å². The highest BCUT2D eigenvalue weighted by atomic mass is 35.5. The smallest absolute Gasteiger partial charge is 0.324 e. The molecule has 3 N–H and O–H groups in total. The van der Waals surface area contributed by atoms with Gasteiger partial charge in [0.1, 0.15) is 5.82 Å². The summed E-state index contributed by atoms with van der Waals surface area (Å²) in [6.07, 6.45) is 4.76. The van der Waals surface area contributed by atoms with Crippen molar-refractivity contribution < 1.29 is 14.3 Å². The molecule has 0 saturated carbocycles. The Labute approximate surface area is 234 Å². The normalized spacial score (nSPS) is 13.9. The lowest BCUT2D eigenvalue weighted by atomic mass is 9.95. The number of methoxy groups -OCH3 is 1. The van der Waals surface area contributed by atoms with Gasteiger partial charge in [-0.05, 0) is 87.9 Å². The van der Waals surface area contributed by atoms with Gasteiger partial charge in [-0.25, -0.2) is 9.48 Å². The second-order valence-corrected chi connectivity index (χ2v) is 10.3. The van der Waals surface area contributed by atoms with E-state index in [1.54, 1.807) is 23.9 Å². The van der Waals surface area contributed by atoms with E-state index >= 15 is 0 Å². The van der Waals surface area contributed by atoms with E-state index in [2.05, 4.69) is 16.0 Å². The average Bonchev–Trinajstić information content (AvgIpc) is 3.22. The molecule has 8 nitrogen and oxygen atoms in total. The van der Waals surface area contributed by atoms with Crippen molar-refractivity contribution in [2.45, 2.75) is 39.0 Å². The molecule has 2 heterocycles. The van der Waals surface area contributed by atoms with Crippen molar-refractivity contribution in [2.24, 2.45) is 5.92 Å². The summed E-state index contributed by atoms with van der Waals surface area (Å²) >= 11 is 12.5. The number of urea groups is 1. The fourth-order valence-electron chi connectivity index (χ4n) is 4.59. The molecule has 0 radical (unpaired) electrons. The lowest BCUT2D eigenvalue weighted by molar-refractivity contribution is 0.195. The first kappa shape index (κ1) is 28.2. The minimum absolute atomic E-state index is 0.368. The Morgan fingerprint density at radius 3 is 2.58 bits per heavy atom. The standard InChI is InChI=1S/C28H35Cl2N5O3/c1-19-26(33-28(36)32-25-18-24(30)23(29)17-21(25)7-6-15-37-2)35(22-8-4-3-5-9-22)34-27(19)38-16-12-20-10-13-31-14-11-20/h3-5,8-9,17-18,20,31H,6-7,10-16H2,1-2H3,(H2,32,33,36). The average molecular weight is 561 g/mol. The van der Waals surface area contributed by atoms with Crippen molar-refractivity contribution in [1.29, 1.82) is 0 Å². The molecular formula is C28H35Cl2N5O3. The number of carbonyl (C=O) groups excluding carboxylic acids is 1. The van der Waals surface area contributed by atoms with Crippen molar-refractivity contribution in [3.63, 3.8) is 0 Å². The highest BCUT2D eigenvalue weighted by molar-refractivity contribution is 6.42. The number of halogens is 2. The Balaban J connectivity index is 1.52. The van der Waals surface area contributed by atoms with Crippen LogP contribution in [0.25, 0.3) is 5.69 Å². The van der Waals surface area contributed by atoms with Gasteiger partial charge in [0.25, 0.3) is 0 Å². The van der Waals surface area contributed by atoms with Crippen LogP contribution in [-0.4, -0.2) is 49.2 Å².